The lowest BCUT2D eigenvalue weighted by Gasteiger charge is -2.48. The van der Waals surface area contributed by atoms with Gasteiger partial charge >= 0.3 is 0 Å². The molecule has 0 amide bonds. The molecule has 1 fully saturated rings. The van der Waals surface area contributed by atoms with Crippen LogP contribution < -0.4 is 0 Å². The van der Waals surface area contributed by atoms with E-state index in [0.717, 1.165) is 6.04 Å². The summed E-state index contributed by atoms with van der Waals surface area (Å²) in [5, 5.41) is 0. The van der Waals surface area contributed by atoms with Crippen molar-refractivity contribution in [1.82, 2.24) is 4.90 Å². The lowest BCUT2D eigenvalue weighted by atomic mass is 9.83. The molecular weight excluding hydrogens is 134 g/mol. The Morgan fingerprint density at radius 3 is 1.55 bits per heavy atom. The molecule has 0 radical (unpaired) electrons. The van der Waals surface area contributed by atoms with E-state index in [0.29, 0.717) is 5.41 Å². The van der Waals surface area contributed by atoms with Gasteiger partial charge in [-0.15, -0.1) is 0 Å². The van der Waals surface area contributed by atoms with Gasteiger partial charge in [0.2, 0.25) is 0 Å². The third-order valence-corrected chi connectivity index (χ3v) is 1.99. The second kappa shape index (κ2) is 4.10. The van der Waals surface area contributed by atoms with Crippen LogP contribution in [-0.4, -0.2) is 24.0 Å². The van der Waals surface area contributed by atoms with Gasteiger partial charge in [-0.1, -0.05) is 27.7 Å². The molecule has 0 unspecified atom stereocenters. The zero-order valence-corrected chi connectivity index (χ0v) is 8.94. The van der Waals surface area contributed by atoms with E-state index in [1.165, 1.54) is 13.1 Å². The highest BCUT2D eigenvalue weighted by Crippen LogP contribution is 2.29. The summed E-state index contributed by atoms with van der Waals surface area (Å²) in [5.41, 5.74) is 0.601. The molecule has 1 nitrogen and oxygen atoms in total. The van der Waals surface area contributed by atoms with Gasteiger partial charge in [0.25, 0.3) is 0 Å². The quantitative estimate of drug-likeness (QED) is 0.565. The number of nitrogens with zero attached hydrogens (tertiary/aromatic N) is 1. The van der Waals surface area contributed by atoms with Gasteiger partial charge in [-0.2, -0.15) is 0 Å². The van der Waals surface area contributed by atoms with Crippen LogP contribution in [0.3, 0.4) is 0 Å². The van der Waals surface area contributed by atoms with E-state index in [4.69, 9.17) is 0 Å². The summed E-state index contributed by atoms with van der Waals surface area (Å²) in [4.78, 5) is 2.50. The topological polar surface area (TPSA) is 3.24 Å². The molecule has 0 atom stereocenters. The Morgan fingerprint density at radius 2 is 1.45 bits per heavy atom. The molecule has 1 aliphatic heterocycles. The van der Waals surface area contributed by atoms with Gasteiger partial charge in [0, 0.05) is 19.1 Å². The second-order valence-electron chi connectivity index (χ2n) is 4.16. The van der Waals surface area contributed by atoms with Crippen LogP contribution >= 0.6 is 0 Å². The fraction of sp³-hybridized carbons (Fsp3) is 1.00. The maximum atomic E-state index is 2.50. The molecule has 1 aliphatic rings. The number of rotatable bonds is 1. The standard InChI is InChI=1S/C8H17N.C2H6/c1-7(2)9-5-8(3,4)6-9;1-2/h7H,5-6H2,1-4H3;1-2H3. The average Bonchev–Trinajstić information content (AvgIpc) is 1.87. The number of likely N-dealkylation sites (tertiary alicyclic amines) is 1. The molecular formula is C10H23N. The minimum absolute atomic E-state index is 0.601. The predicted molar refractivity (Wildman–Crippen MR) is 51.8 cm³/mol. The zero-order chi connectivity index (χ0) is 9.07. The Kier molecular flexibility index (Phi) is 4.09. The highest BCUT2D eigenvalue weighted by Gasteiger charge is 2.34. The predicted octanol–water partition coefficient (Wildman–Crippen LogP) is 2.76. The Bertz CT molecular complexity index is 97.4. The summed E-state index contributed by atoms with van der Waals surface area (Å²) < 4.78 is 0. The first-order chi connectivity index (χ1) is 5.01. The summed E-state index contributed by atoms with van der Waals surface area (Å²) >= 11 is 0. The summed E-state index contributed by atoms with van der Waals surface area (Å²) in [7, 11) is 0. The molecule has 1 rings (SSSR count). The summed E-state index contributed by atoms with van der Waals surface area (Å²) in [5.74, 6) is 0. The van der Waals surface area contributed by atoms with Crippen molar-refractivity contribution in [3.8, 4) is 0 Å². The van der Waals surface area contributed by atoms with Gasteiger partial charge in [-0.25, -0.2) is 0 Å². The smallest absolute Gasteiger partial charge is 0.00479 e. The maximum Gasteiger partial charge on any atom is 0.00479 e. The van der Waals surface area contributed by atoms with E-state index in [9.17, 15) is 0 Å². The number of hydrogen-bond donors (Lipinski definition) is 0. The van der Waals surface area contributed by atoms with Crippen LogP contribution in [0.25, 0.3) is 0 Å². The van der Waals surface area contributed by atoms with E-state index in [2.05, 4.69) is 32.6 Å². The zero-order valence-electron chi connectivity index (χ0n) is 8.94. The Morgan fingerprint density at radius 1 is 1.09 bits per heavy atom. The van der Waals surface area contributed by atoms with Crippen LogP contribution in [-0.2, 0) is 0 Å². The van der Waals surface area contributed by atoms with Crippen molar-refractivity contribution in [1.29, 1.82) is 0 Å². The average molecular weight is 157 g/mol. The summed E-state index contributed by atoms with van der Waals surface area (Å²) in [6.45, 7) is 15.7. The summed E-state index contributed by atoms with van der Waals surface area (Å²) in [6, 6.07) is 0.748. The number of hydrogen-bond acceptors (Lipinski definition) is 1. The first kappa shape index (κ1) is 11.0. The Balaban J connectivity index is 0.000000461. The lowest BCUT2D eigenvalue weighted by Crippen LogP contribution is -2.55. The van der Waals surface area contributed by atoms with Crippen molar-refractivity contribution >= 4 is 0 Å². The van der Waals surface area contributed by atoms with Crippen molar-refractivity contribution in [3.63, 3.8) is 0 Å². The largest absolute Gasteiger partial charge is 0.300 e. The van der Waals surface area contributed by atoms with Crippen LogP contribution in [0.4, 0.5) is 0 Å². The highest BCUT2D eigenvalue weighted by atomic mass is 15.2. The van der Waals surface area contributed by atoms with Gasteiger partial charge in [0.15, 0.2) is 0 Å². The molecule has 0 N–H and O–H groups in total. The molecule has 0 aromatic carbocycles. The highest BCUT2D eigenvalue weighted by molar-refractivity contribution is 4.88. The molecule has 1 heterocycles. The van der Waals surface area contributed by atoms with E-state index < -0.39 is 0 Å². The molecule has 0 aromatic heterocycles. The van der Waals surface area contributed by atoms with E-state index in [1.54, 1.807) is 0 Å². The van der Waals surface area contributed by atoms with Crippen LogP contribution in [0.15, 0.2) is 0 Å². The summed E-state index contributed by atoms with van der Waals surface area (Å²) in [6.07, 6.45) is 0. The van der Waals surface area contributed by atoms with Crippen LogP contribution in [0.5, 0.6) is 0 Å². The van der Waals surface area contributed by atoms with Crippen molar-refractivity contribution in [2.75, 3.05) is 13.1 Å². The molecule has 11 heavy (non-hydrogen) atoms. The van der Waals surface area contributed by atoms with Crippen molar-refractivity contribution in [2.45, 2.75) is 47.6 Å². The van der Waals surface area contributed by atoms with Crippen LogP contribution in [0.2, 0.25) is 0 Å². The monoisotopic (exact) mass is 157 g/mol. The lowest BCUT2D eigenvalue weighted by molar-refractivity contribution is 0.00572. The second-order valence-corrected chi connectivity index (χ2v) is 4.16. The first-order valence-corrected chi connectivity index (χ1v) is 4.75. The van der Waals surface area contributed by atoms with Crippen LogP contribution in [0.1, 0.15) is 41.5 Å². The third kappa shape index (κ3) is 3.24. The SMILES string of the molecule is CC.CC(C)N1CC(C)(C)C1. The minimum atomic E-state index is 0.601. The molecule has 68 valence electrons. The molecule has 0 saturated carbocycles. The van der Waals surface area contributed by atoms with Crippen molar-refractivity contribution in [3.05, 3.63) is 0 Å². The fourth-order valence-electron chi connectivity index (χ4n) is 1.42. The van der Waals surface area contributed by atoms with E-state index in [1.807, 2.05) is 13.8 Å². The molecule has 1 heteroatoms. The Labute approximate surface area is 71.8 Å². The molecule has 0 bridgehead atoms. The van der Waals surface area contributed by atoms with E-state index >= 15 is 0 Å². The van der Waals surface area contributed by atoms with Gasteiger partial charge in [0.1, 0.15) is 0 Å². The van der Waals surface area contributed by atoms with Crippen molar-refractivity contribution < 1.29 is 0 Å². The molecule has 0 spiro atoms. The van der Waals surface area contributed by atoms with Crippen LogP contribution in [0, 0.1) is 5.41 Å². The van der Waals surface area contributed by atoms with Gasteiger partial charge in [-0.3, -0.25) is 4.90 Å². The van der Waals surface area contributed by atoms with E-state index in [-0.39, 0.29) is 0 Å². The fourth-order valence-corrected chi connectivity index (χ4v) is 1.42. The minimum Gasteiger partial charge on any atom is -0.300 e. The first-order valence-electron chi connectivity index (χ1n) is 4.75. The van der Waals surface area contributed by atoms with Crippen molar-refractivity contribution in [2.24, 2.45) is 5.41 Å². The van der Waals surface area contributed by atoms with Gasteiger partial charge < -0.3 is 0 Å². The molecule has 1 saturated heterocycles. The Hall–Kier alpha value is -0.0400. The van der Waals surface area contributed by atoms with Gasteiger partial charge in [0.05, 0.1) is 0 Å². The maximum absolute atomic E-state index is 2.50. The third-order valence-electron chi connectivity index (χ3n) is 1.99. The van der Waals surface area contributed by atoms with Gasteiger partial charge in [-0.05, 0) is 19.3 Å². The molecule has 0 aliphatic carbocycles. The normalized spacial score (nSPS) is 22.1. The molecule has 0 aromatic rings.